The van der Waals surface area contributed by atoms with Crippen LogP contribution in [0.25, 0.3) is 0 Å². The van der Waals surface area contributed by atoms with E-state index in [0.29, 0.717) is 5.69 Å². The van der Waals surface area contributed by atoms with Crippen LogP contribution >= 0.6 is 0 Å². The largest absolute Gasteiger partial charge is 0.508 e. The number of fused-ring (bicyclic) bond motifs is 2. The van der Waals surface area contributed by atoms with Crippen molar-refractivity contribution in [1.29, 1.82) is 0 Å². The summed E-state index contributed by atoms with van der Waals surface area (Å²) in [6.07, 6.45) is 1.49. The van der Waals surface area contributed by atoms with Gasteiger partial charge >= 0.3 is 0 Å². The Bertz CT molecular complexity index is 607. The zero-order valence-corrected chi connectivity index (χ0v) is 12.0. The van der Waals surface area contributed by atoms with Crippen LogP contribution in [0.5, 0.6) is 5.75 Å². The van der Waals surface area contributed by atoms with E-state index in [-0.39, 0.29) is 28.9 Å². The van der Waals surface area contributed by atoms with Crippen LogP contribution < -0.4 is 4.90 Å². The average molecular weight is 273 g/mol. The van der Waals surface area contributed by atoms with Crippen molar-refractivity contribution < 1.29 is 14.7 Å². The molecule has 0 unspecified atom stereocenters. The summed E-state index contributed by atoms with van der Waals surface area (Å²) in [5, 5.41) is 9.58. The number of hydrogen-bond acceptors (Lipinski definition) is 3. The number of carbonyl (C=O) groups excluding carboxylic acids is 2. The molecular formula is C16H19NO3. The Kier molecular flexibility index (Phi) is 2.53. The predicted molar refractivity (Wildman–Crippen MR) is 75.2 cm³/mol. The Balaban J connectivity index is 2.12. The Labute approximate surface area is 118 Å². The van der Waals surface area contributed by atoms with Crippen molar-refractivity contribution in [2.75, 3.05) is 4.90 Å². The summed E-state index contributed by atoms with van der Waals surface area (Å²) in [5.41, 5.74) is -0.362. The number of piperidine rings is 1. The van der Waals surface area contributed by atoms with E-state index in [1.807, 2.05) is 20.8 Å². The van der Waals surface area contributed by atoms with Gasteiger partial charge in [0.1, 0.15) is 5.75 Å². The maximum absolute atomic E-state index is 12.9. The third kappa shape index (κ3) is 1.42. The molecule has 0 radical (unpaired) electrons. The molecule has 1 saturated carbocycles. The standard InChI is InChI=1S/C16H19NO3/c1-15(2)12-7-8-16(15,3)14(20)17(13(12)19)10-5-4-6-11(18)9-10/h4-6,9,12,18H,7-8H2,1-3H3/t12-,16-/m1/s1. The zero-order valence-electron chi connectivity index (χ0n) is 12.0. The van der Waals surface area contributed by atoms with Gasteiger partial charge in [0.2, 0.25) is 11.8 Å². The Morgan fingerprint density at radius 3 is 2.60 bits per heavy atom. The Hall–Kier alpha value is -1.84. The minimum atomic E-state index is -0.517. The fraction of sp³-hybridized carbons (Fsp3) is 0.500. The fourth-order valence-corrected chi connectivity index (χ4v) is 3.69. The molecule has 1 aromatic carbocycles. The van der Waals surface area contributed by atoms with Gasteiger partial charge in [0, 0.05) is 12.0 Å². The highest BCUT2D eigenvalue weighted by molar-refractivity contribution is 6.20. The highest BCUT2D eigenvalue weighted by Crippen LogP contribution is 2.60. The van der Waals surface area contributed by atoms with Crippen LogP contribution in [0, 0.1) is 16.7 Å². The SMILES string of the molecule is CC1(C)[C@@H]2CC[C@]1(C)C(=O)N(c1cccc(O)c1)C2=O. The molecule has 4 nitrogen and oxygen atoms in total. The molecule has 2 amide bonds. The van der Waals surface area contributed by atoms with E-state index in [1.54, 1.807) is 12.1 Å². The minimum absolute atomic E-state index is 0.0606. The molecule has 106 valence electrons. The van der Waals surface area contributed by atoms with E-state index in [1.165, 1.54) is 17.0 Å². The molecule has 2 aliphatic rings. The summed E-state index contributed by atoms with van der Waals surface area (Å²) in [6.45, 7) is 5.98. The van der Waals surface area contributed by atoms with Crippen LogP contribution in [0.1, 0.15) is 33.6 Å². The second-order valence-electron chi connectivity index (χ2n) is 6.64. The number of aromatic hydroxyl groups is 1. The van der Waals surface area contributed by atoms with Crippen LogP contribution in [0.15, 0.2) is 24.3 Å². The third-order valence-electron chi connectivity index (χ3n) is 5.51. The first kappa shape index (κ1) is 13.2. The van der Waals surface area contributed by atoms with Crippen LogP contribution in [-0.2, 0) is 9.59 Å². The van der Waals surface area contributed by atoms with Gasteiger partial charge in [0.05, 0.1) is 11.1 Å². The highest BCUT2D eigenvalue weighted by Gasteiger charge is 2.64. The number of imide groups is 1. The van der Waals surface area contributed by atoms with Crippen LogP contribution in [-0.4, -0.2) is 16.9 Å². The van der Waals surface area contributed by atoms with E-state index < -0.39 is 5.41 Å². The molecule has 1 saturated heterocycles. The van der Waals surface area contributed by atoms with E-state index in [2.05, 4.69) is 0 Å². The van der Waals surface area contributed by atoms with Gasteiger partial charge in [0.25, 0.3) is 0 Å². The fourth-order valence-electron chi connectivity index (χ4n) is 3.69. The molecule has 2 bridgehead atoms. The van der Waals surface area contributed by atoms with Crippen molar-refractivity contribution in [2.45, 2.75) is 33.6 Å². The van der Waals surface area contributed by atoms with Gasteiger partial charge in [-0.1, -0.05) is 26.8 Å². The summed E-state index contributed by atoms with van der Waals surface area (Å²) in [4.78, 5) is 26.8. The quantitative estimate of drug-likeness (QED) is 0.800. The van der Waals surface area contributed by atoms with Crippen molar-refractivity contribution in [3.8, 4) is 5.75 Å². The lowest BCUT2D eigenvalue weighted by Crippen LogP contribution is -2.59. The molecule has 0 aromatic heterocycles. The first-order valence-electron chi connectivity index (χ1n) is 6.96. The lowest BCUT2D eigenvalue weighted by molar-refractivity contribution is -0.146. The molecule has 3 rings (SSSR count). The predicted octanol–water partition coefficient (Wildman–Crippen LogP) is 2.71. The number of rotatable bonds is 1. The van der Waals surface area contributed by atoms with E-state index in [4.69, 9.17) is 0 Å². The highest BCUT2D eigenvalue weighted by atomic mass is 16.3. The van der Waals surface area contributed by atoms with Crippen LogP contribution in [0.4, 0.5) is 5.69 Å². The second kappa shape index (κ2) is 3.84. The Morgan fingerprint density at radius 2 is 1.95 bits per heavy atom. The number of carbonyl (C=O) groups is 2. The number of amides is 2. The van der Waals surface area contributed by atoms with Gasteiger partial charge in [-0.3, -0.25) is 9.59 Å². The van der Waals surface area contributed by atoms with Gasteiger partial charge in [-0.2, -0.15) is 0 Å². The van der Waals surface area contributed by atoms with E-state index in [9.17, 15) is 14.7 Å². The number of benzene rings is 1. The number of anilines is 1. The van der Waals surface area contributed by atoms with Gasteiger partial charge in [-0.15, -0.1) is 0 Å². The maximum atomic E-state index is 12.9. The zero-order chi connectivity index (χ0) is 14.7. The molecule has 2 fully saturated rings. The molecule has 1 N–H and O–H groups in total. The summed E-state index contributed by atoms with van der Waals surface area (Å²) in [7, 11) is 0. The van der Waals surface area contributed by atoms with E-state index >= 15 is 0 Å². The molecule has 1 heterocycles. The minimum Gasteiger partial charge on any atom is -0.508 e. The number of phenols is 1. The molecule has 1 aliphatic heterocycles. The topological polar surface area (TPSA) is 57.6 Å². The third-order valence-corrected chi connectivity index (χ3v) is 5.51. The summed E-state index contributed by atoms with van der Waals surface area (Å²) >= 11 is 0. The van der Waals surface area contributed by atoms with Crippen molar-refractivity contribution in [3.63, 3.8) is 0 Å². The average Bonchev–Trinajstić information content (AvgIpc) is 2.54. The summed E-state index contributed by atoms with van der Waals surface area (Å²) < 4.78 is 0. The normalized spacial score (nSPS) is 31.8. The van der Waals surface area contributed by atoms with Crippen molar-refractivity contribution in [3.05, 3.63) is 24.3 Å². The number of nitrogens with zero attached hydrogens (tertiary/aromatic N) is 1. The summed E-state index contributed by atoms with van der Waals surface area (Å²) in [5.74, 6) is -0.356. The number of phenolic OH excluding ortho intramolecular Hbond substituents is 1. The smallest absolute Gasteiger partial charge is 0.240 e. The van der Waals surface area contributed by atoms with Gasteiger partial charge in [-0.25, -0.2) is 4.90 Å². The summed E-state index contributed by atoms with van der Waals surface area (Å²) in [6, 6.07) is 6.34. The van der Waals surface area contributed by atoms with Crippen molar-refractivity contribution in [1.82, 2.24) is 0 Å². The number of hydrogen-bond donors (Lipinski definition) is 1. The van der Waals surface area contributed by atoms with Gasteiger partial charge < -0.3 is 5.11 Å². The monoisotopic (exact) mass is 273 g/mol. The molecule has 1 aliphatic carbocycles. The van der Waals surface area contributed by atoms with Crippen LogP contribution in [0.2, 0.25) is 0 Å². The maximum Gasteiger partial charge on any atom is 0.240 e. The molecule has 20 heavy (non-hydrogen) atoms. The van der Waals surface area contributed by atoms with Gasteiger partial charge in [-0.05, 0) is 30.4 Å². The van der Waals surface area contributed by atoms with Crippen molar-refractivity contribution in [2.24, 2.45) is 16.7 Å². The van der Waals surface area contributed by atoms with E-state index in [0.717, 1.165) is 12.8 Å². The molecule has 4 heteroatoms. The van der Waals surface area contributed by atoms with Crippen LogP contribution in [0.3, 0.4) is 0 Å². The van der Waals surface area contributed by atoms with Crippen molar-refractivity contribution >= 4 is 17.5 Å². The lowest BCUT2D eigenvalue weighted by atomic mass is 9.62. The lowest BCUT2D eigenvalue weighted by Gasteiger charge is -2.47. The molecular weight excluding hydrogens is 254 g/mol. The molecule has 0 spiro atoms. The van der Waals surface area contributed by atoms with Gasteiger partial charge in [0.15, 0.2) is 0 Å². The first-order chi connectivity index (χ1) is 9.29. The molecule has 1 aromatic rings. The Morgan fingerprint density at radius 1 is 1.25 bits per heavy atom. The first-order valence-corrected chi connectivity index (χ1v) is 6.96. The second-order valence-corrected chi connectivity index (χ2v) is 6.64. The molecule has 2 atom stereocenters.